The van der Waals surface area contributed by atoms with Crippen molar-refractivity contribution in [2.45, 2.75) is 11.4 Å². The van der Waals surface area contributed by atoms with Crippen molar-refractivity contribution in [2.24, 2.45) is 4.99 Å². The van der Waals surface area contributed by atoms with Gasteiger partial charge < -0.3 is 14.0 Å². The second-order valence-electron chi connectivity index (χ2n) is 6.19. The molecule has 0 N–H and O–H groups in total. The molecule has 2 aromatic carbocycles. The van der Waals surface area contributed by atoms with Crippen molar-refractivity contribution >= 4 is 48.9 Å². The molecule has 0 aliphatic heterocycles. The van der Waals surface area contributed by atoms with Gasteiger partial charge in [-0.05, 0) is 36.4 Å². The van der Waals surface area contributed by atoms with Crippen molar-refractivity contribution in [1.82, 2.24) is 4.57 Å². The van der Waals surface area contributed by atoms with Crippen molar-refractivity contribution in [3.05, 3.63) is 51.8 Å². The van der Waals surface area contributed by atoms with Crippen LogP contribution in [-0.2, 0) is 21.1 Å². The molecule has 29 heavy (non-hydrogen) atoms. The summed E-state index contributed by atoms with van der Waals surface area (Å²) in [4.78, 5) is 17.7. The maximum atomic E-state index is 12.8. The first-order chi connectivity index (χ1) is 13.7. The molecule has 0 aliphatic carbocycles. The van der Waals surface area contributed by atoms with E-state index in [1.807, 2.05) is 4.57 Å². The summed E-state index contributed by atoms with van der Waals surface area (Å²) >= 11 is 7.25. The predicted octanol–water partition coefficient (Wildman–Crippen LogP) is 3.16. The number of hydrogen-bond donors (Lipinski definition) is 0. The van der Waals surface area contributed by atoms with E-state index in [4.69, 9.17) is 21.1 Å². The van der Waals surface area contributed by atoms with Crippen LogP contribution in [0.3, 0.4) is 0 Å². The highest BCUT2D eigenvalue weighted by atomic mass is 35.5. The lowest BCUT2D eigenvalue weighted by Gasteiger charge is -2.06. The lowest BCUT2D eigenvalue weighted by molar-refractivity contribution is 0.0994. The van der Waals surface area contributed by atoms with Gasteiger partial charge in [0.15, 0.2) is 14.6 Å². The van der Waals surface area contributed by atoms with Crippen molar-refractivity contribution in [3.63, 3.8) is 0 Å². The third-order valence-electron chi connectivity index (χ3n) is 4.19. The molecule has 3 rings (SSSR count). The first-order valence-corrected chi connectivity index (χ1v) is 11.6. The van der Waals surface area contributed by atoms with Gasteiger partial charge in [0.2, 0.25) is 0 Å². The summed E-state index contributed by atoms with van der Waals surface area (Å²) in [6.45, 7) is 0.856. The van der Waals surface area contributed by atoms with Crippen LogP contribution in [0.2, 0.25) is 5.02 Å². The summed E-state index contributed by atoms with van der Waals surface area (Å²) in [6.07, 6.45) is 1.15. The Morgan fingerprint density at radius 3 is 2.62 bits per heavy atom. The first-order valence-electron chi connectivity index (χ1n) is 8.49. The molecule has 10 heteroatoms. The monoisotopic (exact) mass is 454 g/mol. The standard InChI is InChI=1S/C19H19ClN2O5S2/c1-26-9-8-22-15-6-5-13(29(3,24)25)11-17(15)28-19(22)21-18(23)14-10-12(20)4-7-16(14)27-2/h4-7,10-11H,8-9H2,1-3H3. The molecule has 1 heterocycles. The number of carbonyl (C=O) groups is 1. The molecular weight excluding hydrogens is 436 g/mol. The smallest absolute Gasteiger partial charge is 0.283 e. The zero-order valence-electron chi connectivity index (χ0n) is 16.0. The summed E-state index contributed by atoms with van der Waals surface area (Å²) in [5.41, 5.74) is 1.01. The SMILES string of the molecule is COCCn1c(=NC(=O)c2cc(Cl)ccc2OC)sc2cc(S(C)(=O)=O)ccc21. The maximum absolute atomic E-state index is 12.8. The van der Waals surface area contributed by atoms with E-state index in [9.17, 15) is 13.2 Å². The molecule has 0 saturated heterocycles. The summed E-state index contributed by atoms with van der Waals surface area (Å²) < 4.78 is 36.7. The molecule has 7 nitrogen and oxygen atoms in total. The van der Waals surface area contributed by atoms with Gasteiger partial charge in [-0.15, -0.1) is 0 Å². The first kappa shape index (κ1) is 21.5. The van der Waals surface area contributed by atoms with Crippen LogP contribution in [-0.4, -0.2) is 46.0 Å². The number of nitrogens with zero attached hydrogens (tertiary/aromatic N) is 2. The van der Waals surface area contributed by atoms with Gasteiger partial charge in [-0.2, -0.15) is 4.99 Å². The quantitative estimate of drug-likeness (QED) is 0.571. The van der Waals surface area contributed by atoms with Crippen LogP contribution in [0.4, 0.5) is 0 Å². The third kappa shape index (κ3) is 4.69. The van der Waals surface area contributed by atoms with Crippen LogP contribution < -0.4 is 9.54 Å². The molecule has 0 radical (unpaired) electrons. The number of halogens is 1. The largest absolute Gasteiger partial charge is 0.496 e. The molecule has 0 unspecified atom stereocenters. The van der Waals surface area contributed by atoms with Crippen LogP contribution >= 0.6 is 22.9 Å². The van der Waals surface area contributed by atoms with E-state index in [0.717, 1.165) is 11.8 Å². The molecule has 1 aromatic heterocycles. The molecule has 0 fully saturated rings. The van der Waals surface area contributed by atoms with Gasteiger partial charge in [0.25, 0.3) is 5.91 Å². The minimum absolute atomic E-state index is 0.208. The molecular formula is C19H19ClN2O5S2. The maximum Gasteiger partial charge on any atom is 0.283 e. The fraction of sp³-hybridized carbons (Fsp3) is 0.263. The predicted molar refractivity (Wildman–Crippen MR) is 113 cm³/mol. The lowest BCUT2D eigenvalue weighted by atomic mass is 10.2. The Morgan fingerprint density at radius 1 is 1.21 bits per heavy atom. The normalized spacial score (nSPS) is 12.5. The number of sulfone groups is 1. The van der Waals surface area contributed by atoms with Gasteiger partial charge in [0.05, 0.1) is 34.4 Å². The Hall–Kier alpha value is -2.20. The van der Waals surface area contributed by atoms with E-state index < -0.39 is 15.7 Å². The number of fused-ring (bicyclic) bond motifs is 1. The average molecular weight is 455 g/mol. The van der Waals surface area contributed by atoms with Gasteiger partial charge >= 0.3 is 0 Å². The number of thiazole rings is 1. The average Bonchev–Trinajstić information content (AvgIpc) is 3.01. The minimum Gasteiger partial charge on any atom is -0.496 e. The van der Waals surface area contributed by atoms with Crippen molar-refractivity contribution < 1.29 is 22.7 Å². The summed E-state index contributed by atoms with van der Waals surface area (Å²) in [5, 5.41) is 0.394. The lowest BCUT2D eigenvalue weighted by Crippen LogP contribution is -2.19. The van der Waals surface area contributed by atoms with Crippen molar-refractivity contribution in [3.8, 4) is 5.75 Å². The number of ether oxygens (including phenoxy) is 2. The number of carbonyl (C=O) groups excluding carboxylic acids is 1. The van der Waals surface area contributed by atoms with Crippen LogP contribution in [0.5, 0.6) is 5.75 Å². The van der Waals surface area contributed by atoms with Gasteiger partial charge in [-0.1, -0.05) is 22.9 Å². The molecule has 0 bridgehead atoms. The Labute approximate surface area is 177 Å². The second-order valence-corrected chi connectivity index (χ2v) is 9.65. The minimum atomic E-state index is -3.35. The van der Waals surface area contributed by atoms with Gasteiger partial charge in [0.1, 0.15) is 5.75 Å². The topological polar surface area (TPSA) is 87.0 Å². The summed E-state index contributed by atoms with van der Waals surface area (Å²) in [7, 11) is -0.308. The van der Waals surface area contributed by atoms with E-state index in [0.29, 0.717) is 33.4 Å². The number of hydrogen-bond acceptors (Lipinski definition) is 6. The number of benzene rings is 2. The van der Waals surface area contributed by atoms with Crippen LogP contribution in [0.1, 0.15) is 10.4 Å². The highest BCUT2D eigenvalue weighted by Gasteiger charge is 2.15. The van der Waals surface area contributed by atoms with E-state index in [2.05, 4.69) is 4.99 Å². The van der Waals surface area contributed by atoms with Crippen LogP contribution in [0.25, 0.3) is 10.2 Å². The Bertz CT molecular complexity index is 1250. The van der Waals surface area contributed by atoms with Crippen LogP contribution in [0, 0.1) is 0 Å². The highest BCUT2D eigenvalue weighted by Crippen LogP contribution is 2.24. The molecule has 154 valence electrons. The van der Waals surface area contributed by atoms with E-state index >= 15 is 0 Å². The molecule has 1 amide bonds. The Balaban J connectivity index is 2.19. The molecule has 0 atom stereocenters. The number of aromatic nitrogens is 1. The van der Waals surface area contributed by atoms with Crippen molar-refractivity contribution in [1.29, 1.82) is 0 Å². The van der Waals surface area contributed by atoms with Gasteiger partial charge in [-0.25, -0.2) is 8.42 Å². The van der Waals surface area contributed by atoms with E-state index in [-0.39, 0.29) is 10.5 Å². The molecule has 0 spiro atoms. The van der Waals surface area contributed by atoms with Gasteiger partial charge in [-0.3, -0.25) is 4.79 Å². The Kier molecular flexibility index (Phi) is 6.42. The van der Waals surface area contributed by atoms with Crippen molar-refractivity contribution in [2.75, 3.05) is 27.1 Å². The van der Waals surface area contributed by atoms with Gasteiger partial charge in [0, 0.05) is 24.9 Å². The number of methoxy groups -OCH3 is 2. The number of rotatable bonds is 6. The molecule has 3 aromatic rings. The van der Waals surface area contributed by atoms with E-state index in [1.165, 1.54) is 24.5 Å². The zero-order chi connectivity index (χ0) is 21.2. The fourth-order valence-corrected chi connectivity index (χ4v) is 4.75. The Morgan fingerprint density at radius 2 is 1.97 bits per heavy atom. The second kappa shape index (κ2) is 8.66. The van der Waals surface area contributed by atoms with Crippen LogP contribution in [0.15, 0.2) is 46.3 Å². The van der Waals surface area contributed by atoms with E-state index in [1.54, 1.807) is 37.4 Å². The fourth-order valence-electron chi connectivity index (χ4n) is 2.76. The third-order valence-corrected chi connectivity index (χ3v) is 6.58. The summed E-state index contributed by atoms with van der Waals surface area (Å²) in [5.74, 6) is -0.141. The number of amides is 1. The molecule has 0 aliphatic rings. The zero-order valence-corrected chi connectivity index (χ0v) is 18.4. The molecule has 0 saturated carbocycles. The highest BCUT2D eigenvalue weighted by molar-refractivity contribution is 7.90. The summed E-state index contributed by atoms with van der Waals surface area (Å²) in [6, 6.07) is 9.57.